The second kappa shape index (κ2) is 5.17. The summed E-state index contributed by atoms with van der Waals surface area (Å²) in [5.74, 6) is 1.60. The Balaban J connectivity index is 2.89. The minimum absolute atomic E-state index is 0.698. The molecular weight excluding hydrogens is 178 g/mol. The zero-order valence-electron chi connectivity index (χ0n) is 8.54. The summed E-state index contributed by atoms with van der Waals surface area (Å²) in [5, 5.41) is 3.17. The van der Waals surface area contributed by atoms with E-state index in [0.717, 1.165) is 17.2 Å². The summed E-state index contributed by atoms with van der Waals surface area (Å²) >= 11 is 0. The SMILES string of the molecule is C=CCNc1cc(OC)ccc1OC. The largest absolute Gasteiger partial charge is 0.497 e. The lowest BCUT2D eigenvalue weighted by atomic mass is 10.2. The van der Waals surface area contributed by atoms with Crippen molar-refractivity contribution in [2.45, 2.75) is 0 Å². The Morgan fingerprint density at radius 2 is 2.14 bits per heavy atom. The van der Waals surface area contributed by atoms with Crippen LogP contribution >= 0.6 is 0 Å². The van der Waals surface area contributed by atoms with Gasteiger partial charge in [-0.15, -0.1) is 6.58 Å². The molecule has 0 spiro atoms. The van der Waals surface area contributed by atoms with Crippen LogP contribution in [-0.2, 0) is 0 Å². The van der Waals surface area contributed by atoms with Crippen LogP contribution in [0.1, 0.15) is 0 Å². The Morgan fingerprint density at radius 3 is 2.71 bits per heavy atom. The lowest BCUT2D eigenvalue weighted by Crippen LogP contribution is -2.00. The maximum absolute atomic E-state index is 5.19. The summed E-state index contributed by atoms with van der Waals surface area (Å²) in [6, 6.07) is 5.62. The number of hydrogen-bond donors (Lipinski definition) is 1. The number of hydrogen-bond acceptors (Lipinski definition) is 3. The molecule has 0 fully saturated rings. The molecule has 3 nitrogen and oxygen atoms in total. The van der Waals surface area contributed by atoms with Gasteiger partial charge in [0.2, 0.25) is 0 Å². The number of methoxy groups -OCH3 is 2. The Kier molecular flexibility index (Phi) is 3.85. The second-order valence-corrected chi connectivity index (χ2v) is 2.74. The van der Waals surface area contributed by atoms with Gasteiger partial charge in [-0.2, -0.15) is 0 Å². The van der Waals surface area contributed by atoms with Gasteiger partial charge >= 0.3 is 0 Å². The van der Waals surface area contributed by atoms with E-state index in [1.165, 1.54) is 0 Å². The first-order chi connectivity index (χ1) is 6.81. The Labute approximate surface area is 84.3 Å². The van der Waals surface area contributed by atoms with Crippen molar-refractivity contribution < 1.29 is 9.47 Å². The third kappa shape index (κ3) is 2.42. The standard InChI is InChI=1S/C11H15NO2/c1-4-7-12-10-8-9(13-2)5-6-11(10)14-3/h4-6,8,12H,1,7H2,2-3H3. The summed E-state index contributed by atoms with van der Waals surface area (Å²) in [4.78, 5) is 0. The molecule has 0 bridgehead atoms. The van der Waals surface area contributed by atoms with Crippen LogP contribution in [0.15, 0.2) is 30.9 Å². The molecule has 1 N–H and O–H groups in total. The summed E-state index contributed by atoms with van der Waals surface area (Å²) in [6.45, 7) is 4.34. The van der Waals surface area contributed by atoms with Crippen molar-refractivity contribution >= 4 is 5.69 Å². The number of rotatable bonds is 5. The zero-order chi connectivity index (χ0) is 10.4. The van der Waals surface area contributed by atoms with Gasteiger partial charge in [-0.05, 0) is 12.1 Å². The molecule has 0 heterocycles. The van der Waals surface area contributed by atoms with Gasteiger partial charge in [-0.3, -0.25) is 0 Å². The van der Waals surface area contributed by atoms with Crippen LogP contribution in [-0.4, -0.2) is 20.8 Å². The van der Waals surface area contributed by atoms with Gasteiger partial charge < -0.3 is 14.8 Å². The molecular formula is C11H15NO2. The first-order valence-corrected chi connectivity index (χ1v) is 4.38. The topological polar surface area (TPSA) is 30.5 Å². The van der Waals surface area contributed by atoms with Gasteiger partial charge in [-0.1, -0.05) is 6.08 Å². The number of nitrogens with one attached hydrogen (secondary N) is 1. The fraction of sp³-hybridized carbons (Fsp3) is 0.273. The van der Waals surface area contributed by atoms with Crippen LogP contribution in [0.5, 0.6) is 11.5 Å². The minimum Gasteiger partial charge on any atom is -0.497 e. The minimum atomic E-state index is 0.698. The van der Waals surface area contributed by atoms with Crippen molar-refractivity contribution in [3.8, 4) is 11.5 Å². The highest BCUT2D eigenvalue weighted by molar-refractivity contribution is 5.59. The van der Waals surface area contributed by atoms with Crippen LogP contribution in [0.4, 0.5) is 5.69 Å². The Bertz CT molecular complexity index is 310. The molecule has 0 aliphatic heterocycles. The van der Waals surface area contributed by atoms with Gasteiger partial charge in [0.05, 0.1) is 19.9 Å². The third-order valence-corrected chi connectivity index (χ3v) is 1.84. The molecule has 0 aliphatic rings. The summed E-state index contributed by atoms with van der Waals surface area (Å²) in [5.41, 5.74) is 0.909. The zero-order valence-corrected chi connectivity index (χ0v) is 8.54. The van der Waals surface area contributed by atoms with E-state index in [0.29, 0.717) is 6.54 Å². The van der Waals surface area contributed by atoms with E-state index in [9.17, 15) is 0 Å². The predicted octanol–water partition coefficient (Wildman–Crippen LogP) is 2.30. The van der Waals surface area contributed by atoms with E-state index in [4.69, 9.17) is 9.47 Å². The van der Waals surface area contributed by atoms with Crippen LogP contribution in [0.25, 0.3) is 0 Å². The van der Waals surface area contributed by atoms with Crippen LogP contribution in [0.2, 0.25) is 0 Å². The van der Waals surface area contributed by atoms with Crippen molar-refractivity contribution in [3.05, 3.63) is 30.9 Å². The second-order valence-electron chi connectivity index (χ2n) is 2.74. The molecule has 3 heteroatoms. The molecule has 14 heavy (non-hydrogen) atoms. The van der Waals surface area contributed by atoms with Crippen molar-refractivity contribution in [2.75, 3.05) is 26.1 Å². The highest BCUT2D eigenvalue weighted by Gasteiger charge is 2.02. The molecule has 0 aliphatic carbocycles. The predicted molar refractivity (Wildman–Crippen MR) is 58.2 cm³/mol. The molecule has 0 saturated carbocycles. The fourth-order valence-corrected chi connectivity index (χ4v) is 1.13. The number of benzene rings is 1. The molecule has 76 valence electrons. The van der Waals surface area contributed by atoms with Gasteiger partial charge in [0.15, 0.2) is 0 Å². The van der Waals surface area contributed by atoms with E-state index in [1.54, 1.807) is 20.3 Å². The van der Waals surface area contributed by atoms with Crippen molar-refractivity contribution in [2.24, 2.45) is 0 Å². The quantitative estimate of drug-likeness (QED) is 0.728. The average molecular weight is 193 g/mol. The Hall–Kier alpha value is -1.64. The summed E-state index contributed by atoms with van der Waals surface area (Å²) in [6.07, 6.45) is 1.79. The molecule has 1 aromatic carbocycles. The lowest BCUT2D eigenvalue weighted by molar-refractivity contribution is 0.404. The lowest BCUT2D eigenvalue weighted by Gasteiger charge is -2.10. The van der Waals surface area contributed by atoms with E-state index in [-0.39, 0.29) is 0 Å². The van der Waals surface area contributed by atoms with E-state index < -0.39 is 0 Å². The summed E-state index contributed by atoms with van der Waals surface area (Å²) in [7, 11) is 3.28. The van der Waals surface area contributed by atoms with Crippen molar-refractivity contribution in [1.29, 1.82) is 0 Å². The fourth-order valence-electron chi connectivity index (χ4n) is 1.13. The molecule has 0 saturated heterocycles. The van der Waals surface area contributed by atoms with Gasteiger partial charge in [0.1, 0.15) is 11.5 Å². The first kappa shape index (κ1) is 10.4. The molecule has 0 radical (unpaired) electrons. The Morgan fingerprint density at radius 1 is 1.36 bits per heavy atom. The molecule has 1 aromatic rings. The van der Waals surface area contributed by atoms with Gasteiger partial charge in [-0.25, -0.2) is 0 Å². The molecule has 1 rings (SSSR count). The van der Waals surface area contributed by atoms with Crippen LogP contribution in [0.3, 0.4) is 0 Å². The third-order valence-electron chi connectivity index (χ3n) is 1.84. The highest BCUT2D eigenvalue weighted by atomic mass is 16.5. The average Bonchev–Trinajstić information content (AvgIpc) is 2.25. The summed E-state index contributed by atoms with van der Waals surface area (Å²) < 4.78 is 10.3. The van der Waals surface area contributed by atoms with Crippen LogP contribution in [0, 0.1) is 0 Å². The normalized spacial score (nSPS) is 9.29. The van der Waals surface area contributed by atoms with Crippen LogP contribution < -0.4 is 14.8 Å². The molecule has 0 aromatic heterocycles. The number of anilines is 1. The van der Waals surface area contributed by atoms with E-state index in [1.807, 2.05) is 18.2 Å². The first-order valence-electron chi connectivity index (χ1n) is 4.38. The molecule has 0 amide bonds. The smallest absolute Gasteiger partial charge is 0.142 e. The van der Waals surface area contributed by atoms with Gasteiger partial charge in [0.25, 0.3) is 0 Å². The van der Waals surface area contributed by atoms with E-state index >= 15 is 0 Å². The van der Waals surface area contributed by atoms with E-state index in [2.05, 4.69) is 11.9 Å². The van der Waals surface area contributed by atoms with Gasteiger partial charge in [0, 0.05) is 12.6 Å². The maximum atomic E-state index is 5.19. The number of ether oxygens (including phenoxy) is 2. The van der Waals surface area contributed by atoms with Crippen molar-refractivity contribution in [3.63, 3.8) is 0 Å². The maximum Gasteiger partial charge on any atom is 0.142 e. The molecule has 0 atom stereocenters. The highest BCUT2D eigenvalue weighted by Crippen LogP contribution is 2.28. The van der Waals surface area contributed by atoms with Crippen molar-refractivity contribution in [1.82, 2.24) is 0 Å². The molecule has 0 unspecified atom stereocenters. The monoisotopic (exact) mass is 193 g/mol.